The first-order chi connectivity index (χ1) is 9.83. The van der Waals surface area contributed by atoms with Crippen molar-refractivity contribution in [1.29, 1.82) is 0 Å². The molecule has 0 atom stereocenters. The van der Waals surface area contributed by atoms with Crippen molar-refractivity contribution < 1.29 is 9.13 Å². The number of rotatable bonds is 5. The van der Waals surface area contributed by atoms with E-state index in [1.54, 1.807) is 6.07 Å². The molecule has 0 saturated heterocycles. The average molecular weight is 271 g/mol. The molecule has 0 aliphatic carbocycles. The fourth-order valence-corrected chi connectivity index (χ4v) is 2.49. The Morgan fingerprint density at radius 2 is 2.05 bits per heavy atom. The van der Waals surface area contributed by atoms with Crippen molar-refractivity contribution in [2.45, 2.75) is 19.4 Å². The zero-order valence-electron chi connectivity index (χ0n) is 11.4. The van der Waals surface area contributed by atoms with Crippen LogP contribution in [0.2, 0.25) is 0 Å². The fraction of sp³-hybridized carbons (Fsp3) is 0.294. The maximum atomic E-state index is 13.4. The number of benzene rings is 2. The third-order valence-electron chi connectivity index (χ3n) is 3.62. The summed E-state index contributed by atoms with van der Waals surface area (Å²) in [6, 6.07) is 13.3. The summed E-state index contributed by atoms with van der Waals surface area (Å²) in [7, 11) is 0. The van der Waals surface area contributed by atoms with Crippen molar-refractivity contribution in [3.05, 3.63) is 65.0 Å². The van der Waals surface area contributed by atoms with Crippen LogP contribution in [-0.4, -0.2) is 13.2 Å². The highest BCUT2D eigenvalue weighted by atomic mass is 19.1. The van der Waals surface area contributed by atoms with E-state index in [9.17, 15) is 4.39 Å². The number of halogens is 1. The monoisotopic (exact) mass is 271 g/mol. The van der Waals surface area contributed by atoms with Crippen LogP contribution in [0.5, 0.6) is 5.75 Å². The smallest absolute Gasteiger partial charge is 0.127 e. The van der Waals surface area contributed by atoms with Crippen molar-refractivity contribution >= 4 is 0 Å². The second-order valence-electron chi connectivity index (χ2n) is 5.06. The molecule has 0 unspecified atom stereocenters. The number of hydrogen-bond acceptors (Lipinski definition) is 2. The predicted molar refractivity (Wildman–Crippen MR) is 77.5 cm³/mol. The SMILES string of the molecule is Fc1ccccc1CNCCc1ccc2c(c1)CCO2. The van der Waals surface area contributed by atoms with Crippen LogP contribution in [0, 0.1) is 5.82 Å². The van der Waals surface area contributed by atoms with E-state index in [0.717, 1.165) is 37.3 Å². The van der Waals surface area contributed by atoms with Crippen LogP contribution in [0.25, 0.3) is 0 Å². The van der Waals surface area contributed by atoms with Gasteiger partial charge in [0.25, 0.3) is 0 Å². The molecule has 1 aliphatic heterocycles. The molecule has 0 aromatic heterocycles. The molecule has 0 fully saturated rings. The van der Waals surface area contributed by atoms with Gasteiger partial charge >= 0.3 is 0 Å². The van der Waals surface area contributed by atoms with Crippen LogP contribution in [0.15, 0.2) is 42.5 Å². The van der Waals surface area contributed by atoms with Crippen LogP contribution >= 0.6 is 0 Å². The van der Waals surface area contributed by atoms with Crippen molar-refractivity contribution in [3.63, 3.8) is 0 Å². The molecule has 3 rings (SSSR count). The molecular weight excluding hydrogens is 253 g/mol. The standard InChI is InChI=1S/C17H18FNO/c18-16-4-2-1-3-15(16)12-19-9-7-13-5-6-17-14(11-13)8-10-20-17/h1-6,11,19H,7-10,12H2. The van der Waals surface area contributed by atoms with E-state index in [2.05, 4.69) is 23.5 Å². The highest BCUT2D eigenvalue weighted by Gasteiger charge is 2.11. The molecule has 2 aromatic carbocycles. The Labute approximate surface area is 118 Å². The van der Waals surface area contributed by atoms with Gasteiger partial charge in [-0.2, -0.15) is 0 Å². The Morgan fingerprint density at radius 3 is 2.95 bits per heavy atom. The summed E-state index contributed by atoms with van der Waals surface area (Å²) >= 11 is 0. The van der Waals surface area contributed by atoms with Crippen molar-refractivity contribution in [2.75, 3.05) is 13.2 Å². The minimum Gasteiger partial charge on any atom is -0.493 e. The minimum absolute atomic E-state index is 0.144. The lowest BCUT2D eigenvalue weighted by Crippen LogP contribution is -2.17. The lowest BCUT2D eigenvalue weighted by atomic mass is 10.1. The second-order valence-corrected chi connectivity index (χ2v) is 5.06. The molecule has 0 bridgehead atoms. The molecule has 20 heavy (non-hydrogen) atoms. The third kappa shape index (κ3) is 2.99. The lowest BCUT2D eigenvalue weighted by Gasteiger charge is -2.07. The normalized spacial score (nSPS) is 13.1. The summed E-state index contributed by atoms with van der Waals surface area (Å²) in [6.07, 6.45) is 1.95. The van der Waals surface area contributed by atoms with Gasteiger partial charge < -0.3 is 10.1 Å². The maximum absolute atomic E-state index is 13.4. The molecule has 104 valence electrons. The Balaban J connectivity index is 1.49. The van der Waals surface area contributed by atoms with Crippen molar-refractivity contribution in [2.24, 2.45) is 0 Å². The molecule has 3 heteroatoms. The molecule has 1 N–H and O–H groups in total. The van der Waals surface area contributed by atoms with Gasteiger partial charge in [0.15, 0.2) is 0 Å². The highest BCUT2D eigenvalue weighted by Crippen LogP contribution is 2.25. The van der Waals surface area contributed by atoms with Gasteiger partial charge in [-0.05, 0) is 36.2 Å². The van der Waals surface area contributed by atoms with E-state index in [0.29, 0.717) is 6.54 Å². The summed E-state index contributed by atoms with van der Waals surface area (Å²) in [5, 5.41) is 3.29. The van der Waals surface area contributed by atoms with Crippen LogP contribution in [0.4, 0.5) is 4.39 Å². The van der Waals surface area contributed by atoms with Crippen LogP contribution < -0.4 is 10.1 Å². The molecule has 1 aliphatic rings. The second kappa shape index (κ2) is 6.06. The minimum atomic E-state index is -0.144. The molecule has 0 spiro atoms. The summed E-state index contributed by atoms with van der Waals surface area (Å²) in [6.45, 7) is 2.21. The number of ether oxygens (including phenoxy) is 1. The first kappa shape index (κ1) is 13.1. The summed E-state index contributed by atoms with van der Waals surface area (Å²) in [5.74, 6) is 0.878. The quantitative estimate of drug-likeness (QED) is 0.844. The Morgan fingerprint density at radius 1 is 1.15 bits per heavy atom. The lowest BCUT2D eigenvalue weighted by molar-refractivity contribution is 0.357. The zero-order valence-corrected chi connectivity index (χ0v) is 11.4. The van der Waals surface area contributed by atoms with Gasteiger partial charge in [0, 0.05) is 18.5 Å². The molecule has 1 heterocycles. The third-order valence-corrected chi connectivity index (χ3v) is 3.62. The topological polar surface area (TPSA) is 21.3 Å². The predicted octanol–water partition coefficient (Wildman–Crippen LogP) is 3.09. The Bertz CT molecular complexity index is 597. The number of fused-ring (bicyclic) bond motifs is 1. The average Bonchev–Trinajstić information content (AvgIpc) is 2.93. The van der Waals surface area contributed by atoms with E-state index >= 15 is 0 Å². The van der Waals surface area contributed by atoms with Gasteiger partial charge in [-0.25, -0.2) is 4.39 Å². The van der Waals surface area contributed by atoms with Gasteiger partial charge in [-0.15, -0.1) is 0 Å². The molecule has 2 aromatic rings. The molecule has 0 saturated carbocycles. The Kier molecular flexibility index (Phi) is 3.97. The van der Waals surface area contributed by atoms with Gasteiger partial charge in [-0.3, -0.25) is 0 Å². The van der Waals surface area contributed by atoms with E-state index in [1.165, 1.54) is 17.2 Å². The zero-order chi connectivity index (χ0) is 13.8. The number of hydrogen-bond donors (Lipinski definition) is 1. The van der Waals surface area contributed by atoms with Crippen LogP contribution in [0.3, 0.4) is 0 Å². The van der Waals surface area contributed by atoms with E-state index in [4.69, 9.17) is 4.74 Å². The van der Waals surface area contributed by atoms with Crippen molar-refractivity contribution in [3.8, 4) is 5.75 Å². The largest absolute Gasteiger partial charge is 0.493 e. The van der Waals surface area contributed by atoms with Gasteiger partial charge in [0.1, 0.15) is 11.6 Å². The van der Waals surface area contributed by atoms with Crippen LogP contribution in [0.1, 0.15) is 16.7 Å². The Hall–Kier alpha value is -1.87. The van der Waals surface area contributed by atoms with Gasteiger partial charge in [-0.1, -0.05) is 30.3 Å². The first-order valence-corrected chi connectivity index (χ1v) is 7.01. The van der Waals surface area contributed by atoms with Crippen LogP contribution in [-0.2, 0) is 19.4 Å². The summed E-state index contributed by atoms with van der Waals surface area (Å²) < 4.78 is 18.9. The fourth-order valence-electron chi connectivity index (χ4n) is 2.49. The maximum Gasteiger partial charge on any atom is 0.127 e. The molecule has 2 nitrogen and oxygen atoms in total. The summed E-state index contributed by atoms with van der Waals surface area (Å²) in [4.78, 5) is 0. The molecular formula is C17H18FNO. The molecule has 0 radical (unpaired) electrons. The summed E-state index contributed by atoms with van der Waals surface area (Å²) in [5.41, 5.74) is 3.32. The van der Waals surface area contributed by atoms with E-state index in [1.807, 2.05) is 12.1 Å². The number of nitrogens with one attached hydrogen (secondary N) is 1. The highest BCUT2D eigenvalue weighted by molar-refractivity contribution is 5.39. The van der Waals surface area contributed by atoms with Crippen molar-refractivity contribution in [1.82, 2.24) is 5.32 Å². The van der Waals surface area contributed by atoms with E-state index < -0.39 is 0 Å². The molecule has 0 amide bonds. The van der Waals surface area contributed by atoms with Gasteiger partial charge in [0.2, 0.25) is 0 Å². The first-order valence-electron chi connectivity index (χ1n) is 7.01. The van der Waals surface area contributed by atoms with Gasteiger partial charge in [0.05, 0.1) is 6.61 Å². The van der Waals surface area contributed by atoms with E-state index in [-0.39, 0.29) is 5.82 Å².